The second-order valence-corrected chi connectivity index (χ2v) is 10.9. The minimum Gasteiger partial charge on any atom is -0.376 e. The van der Waals surface area contributed by atoms with Gasteiger partial charge in [0.2, 0.25) is 11.8 Å². The Morgan fingerprint density at radius 1 is 1.15 bits per heavy atom. The summed E-state index contributed by atoms with van der Waals surface area (Å²) in [6, 6.07) is 7.03. The summed E-state index contributed by atoms with van der Waals surface area (Å²) in [5.41, 5.74) is 0.638. The van der Waals surface area contributed by atoms with Crippen LogP contribution in [-0.4, -0.2) is 80.0 Å². The molecular formula is C23H31N3O6S. The number of hydrogen-bond acceptors (Lipinski definition) is 6. The number of amides is 2. The number of rotatable bonds is 7. The SMILES string of the molecule is C[C@@H]1CN(C(=O)Cn2cc(S(=O)(=O)CC(=O)NC[C@@H]3CCCO3)c3ccccc32)C[C@H](C)O1. The Balaban J connectivity index is 1.51. The van der Waals surface area contributed by atoms with Gasteiger partial charge in [-0.3, -0.25) is 9.59 Å². The maximum absolute atomic E-state index is 13.1. The zero-order valence-corrected chi connectivity index (χ0v) is 19.8. The van der Waals surface area contributed by atoms with E-state index in [0.29, 0.717) is 37.1 Å². The lowest BCUT2D eigenvalue weighted by Gasteiger charge is -2.35. The Labute approximate surface area is 193 Å². The lowest BCUT2D eigenvalue weighted by atomic mass is 10.2. The molecule has 9 nitrogen and oxygen atoms in total. The minimum absolute atomic E-state index is 0.0146. The Kier molecular flexibility index (Phi) is 7.06. The first-order valence-corrected chi connectivity index (χ1v) is 13.0. The molecule has 0 spiro atoms. The highest BCUT2D eigenvalue weighted by atomic mass is 32.2. The molecule has 2 aliphatic heterocycles. The number of morpholine rings is 1. The molecule has 1 N–H and O–H groups in total. The zero-order chi connectivity index (χ0) is 23.6. The standard InChI is InChI=1S/C23H31N3O6S/c1-16-11-26(12-17(2)32-16)23(28)14-25-13-21(19-7-3-4-8-20(19)25)33(29,30)15-22(27)24-10-18-6-5-9-31-18/h3-4,7-8,13,16-18H,5-6,9-12,14-15H2,1-2H3,(H,24,27)/t16-,17+,18-/m0/s1. The number of carbonyl (C=O) groups is 2. The van der Waals surface area contributed by atoms with Gasteiger partial charge in [-0.25, -0.2) is 8.42 Å². The topological polar surface area (TPSA) is 107 Å². The Hall–Kier alpha value is -2.43. The molecule has 3 atom stereocenters. The third kappa shape index (κ3) is 5.56. The molecular weight excluding hydrogens is 446 g/mol. The van der Waals surface area contributed by atoms with Crippen LogP contribution in [0.1, 0.15) is 26.7 Å². The van der Waals surface area contributed by atoms with Gasteiger partial charge in [-0.2, -0.15) is 0 Å². The van der Waals surface area contributed by atoms with E-state index in [-0.39, 0.29) is 35.7 Å². The lowest BCUT2D eigenvalue weighted by Crippen LogP contribution is -2.49. The van der Waals surface area contributed by atoms with Crippen molar-refractivity contribution < 1.29 is 27.5 Å². The number of carbonyl (C=O) groups excluding carboxylic acids is 2. The van der Waals surface area contributed by atoms with Gasteiger partial charge in [-0.1, -0.05) is 18.2 Å². The van der Waals surface area contributed by atoms with Gasteiger partial charge in [0, 0.05) is 43.3 Å². The molecule has 2 saturated heterocycles. The van der Waals surface area contributed by atoms with E-state index in [1.165, 1.54) is 6.20 Å². The lowest BCUT2D eigenvalue weighted by molar-refractivity contribution is -0.143. The van der Waals surface area contributed by atoms with Crippen molar-refractivity contribution in [2.24, 2.45) is 0 Å². The van der Waals surface area contributed by atoms with E-state index in [0.717, 1.165) is 12.8 Å². The van der Waals surface area contributed by atoms with Gasteiger partial charge in [-0.05, 0) is 32.8 Å². The molecule has 2 aromatic rings. The molecule has 0 aliphatic carbocycles. The molecule has 33 heavy (non-hydrogen) atoms. The number of hydrogen-bond donors (Lipinski definition) is 1. The maximum Gasteiger partial charge on any atom is 0.242 e. The maximum atomic E-state index is 13.1. The number of fused-ring (bicyclic) bond motifs is 1. The Morgan fingerprint density at radius 3 is 2.58 bits per heavy atom. The predicted octanol–water partition coefficient (Wildman–Crippen LogP) is 1.35. The number of benzene rings is 1. The van der Waals surface area contributed by atoms with Crippen molar-refractivity contribution in [3.63, 3.8) is 0 Å². The van der Waals surface area contributed by atoms with E-state index in [1.807, 2.05) is 13.8 Å². The van der Waals surface area contributed by atoms with Crippen LogP contribution in [0, 0.1) is 0 Å². The number of nitrogens with zero attached hydrogens (tertiary/aromatic N) is 2. The fourth-order valence-corrected chi connectivity index (χ4v) is 5.95. The summed E-state index contributed by atoms with van der Waals surface area (Å²) in [6.45, 7) is 5.84. The van der Waals surface area contributed by atoms with Crippen molar-refractivity contribution in [3.05, 3.63) is 30.5 Å². The number of nitrogens with one attached hydrogen (secondary N) is 1. The summed E-state index contributed by atoms with van der Waals surface area (Å²) in [5, 5.41) is 3.17. The van der Waals surface area contributed by atoms with Crippen LogP contribution in [0.15, 0.2) is 35.4 Å². The van der Waals surface area contributed by atoms with Gasteiger partial charge in [0.05, 0.1) is 23.2 Å². The molecule has 1 aromatic carbocycles. The van der Waals surface area contributed by atoms with Crippen molar-refractivity contribution in [1.82, 2.24) is 14.8 Å². The molecule has 10 heteroatoms. The summed E-state index contributed by atoms with van der Waals surface area (Å²) >= 11 is 0. The quantitative estimate of drug-likeness (QED) is 0.645. The molecule has 180 valence electrons. The summed E-state index contributed by atoms with van der Waals surface area (Å²) < 4.78 is 39.1. The number of ether oxygens (including phenoxy) is 2. The molecule has 4 rings (SSSR count). The monoisotopic (exact) mass is 477 g/mol. The average Bonchev–Trinajstić information content (AvgIpc) is 3.40. The van der Waals surface area contributed by atoms with Crippen LogP contribution >= 0.6 is 0 Å². The molecule has 0 unspecified atom stereocenters. The van der Waals surface area contributed by atoms with E-state index < -0.39 is 21.5 Å². The normalized spacial score (nSPS) is 23.7. The highest BCUT2D eigenvalue weighted by molar-refractivity contribution is 7.92. The van der Waals surface area contributed by atoms with Crippen LogP contribution in [0.3, 0.4) is 0 Å². The van der Waals surface area contributed by atoms with Crippen LogP contribution in [0.25, 0.3) is 10.9 Å². The summed E-state index contributed by atoms with van der Waals surface area (Å²) in [5.74, 6) is -1.31. The van der Waals surface area contributed by atoms with Crippen LogP contribution in [0.5, 0.6) is 0 Å². The number of aromatic nitrogens is 1. The van der Waals surface area contributed by atoms with E-state index in [1.54, 1.807) is 33.7 Å². The average molecular weight is 478 g/mol. The second kappa shape index (κ2) is 9.82. The Morgan fingerprint density at radius 2 is 1.88 bits per heavy atom. The first kappa shape index (κ1) is 23.7. The van der Waals surface area contributed by atoms with Gasteiger partial charge >= 0.3 is 0 Å². The largest absolute Gasteiger partial charge is 0.376 e. The third-order valence-corrected chi connectivity index (χ3v) is 7.67. The number of sulfone groups is 1. The fraction of sp³-hybridized carbons (Fsp3) is 0.565. The Bertz CT molecular complexity index is 1110. The first-order chi connectivity index (χ1) is 15.7. The molecule has 2 amide bonds. The van der Waals surface area contributed by atoms with Crippen LogP contribution in [-0.2, 0) is 35.4 Å². The van der Waals surface area contributed by atoms with Gasteiger partial charge in [0.25, 0.3) is 0 Å². The van der Waals surface area contributed by atoms with Crippen molar-refractivity contribution >= 4 is 32.6 Å². The van der Waals surface area contributed by atoms with Crippen LogP contribution in [0.2, 0.25) is 0 Å². The molecule has 0 bridgehead atoms. The van der Waals surface area contributed by atoms with Crippen LogP contribution in [0.4, 0.5) is 0 Å². The molecule has 1 aromatic heterocycles. The summed E-state index contributed by atoms with van der Waals surface area (Å²) in [7, 11) is -3.91. The third-order valence-electron chi connectivity index (χ3n) is 6.04. The number of para-hydroxylation sites is 1. The first-order valence-electron chi connectivity index (χ1n) is 11.3. The molecule has 2 aliphatic rings. The zero-order valence-electron chi connectivity index (χ0n) is 19.0. The molecule has 0 saturated carbocycles. The van der Waals surface area contributed by atoms with Crippen molar-refractivity contribution in [1.29, 1.82) is 0 Å². The molecule has 3 heterocycles. The van der Waals surface area contributed by atoms with Crippen molar-refractivity contribution in [3.8, 4) is 0 Å². The molecule has 0 radical (unpaired) electrons. The highest BCUT2D eigenvalue weighted by Gasteiger charge is 2.28. The van der Waals surface area contributed by atoms with Crippen molar-refractivity contribution in [2.45, 2.75) is 56.4 Å². The summed E-state index contributed by atoms with van der Waals surface area (Å²) in [6.07, 6.45) is 3.11. The predicted molar refractivity (Wildman–Crippen MR) is 123 cm³/mol. The fourth-order valence-electron chi connectivity index (χ4n) is 4.55. The van der Waals surface area contributed by atoms with Crippen LogP contribution < -0.4 is 5.32 Å². The van der Waals surface area contributed by atoms with Gasteiger partial charge in [0.1, 0.15) is 12.3 Å². The van der Waals surface area contributed by atoms with Gasteiger partial charge in [-0.15, -0.1) is 0 Å². The van der Waals surface area contributed by atoms with Crippen molar-refractivity contribution in [2.75, 3.05) is 32.0 Å². The minimum atomic E-state index is -3.91. The van der Waals surface area contributed by atoms with E-state index in [2.05, 4.69) is 5.32 Å². The van der Waals surface area contributed by atoms with E-state index >= 15 is 0 Å². The smallest absolute Gasteiger partial charge is 0.242 e. The van der Waals surface area contributed by atoms with Gasteiger partial charge in [0.15, 0.2) is 9.84 Å². The second-order valence-electron chi connectivity index (χ2n) is 8.89. The van der Waals surface area contributed by atoms with E-state index in [4.69, 9.17) is 9.47 Å². The van der Waals surface area contributed by atoms with Gasteiger partial charge < -0.3 is 24.3 Å². The molecule has 2 fully saturated rings. The van der Waals surface area contributed by atoms with E-state index in [9.17, 15) is 18.0 Å². The highest BCUT2D eigenvalue weighted by Crippen LogP contribution is 2.27. The summed E-state index contributed by atoms with van der Waals surface area (Å²) in [4.78, 5) is 27.1.